The summed E-state index contributed by atoms with van der Waals surface area (Å²) in [6.45, 7) is 4.10. The molecular weight excluding hydrogens is 260 g/mol. The Hall–Kier alpha value is -2.07. The van der Waals surface area contributed by atoms with E-state index >= 15 is 0 Å². The van der Waals surface area contributed by atoms with Gasteiger partial charge in [-0.15, -0.1) is 0 Å². The fraction of sp³-hybridized carbons (Fsp3) is 0.143. The number of rotatable bonds is 1. The minimum Gasteiger partial charge on any atom is -0.369 e. The number of aromatic nitrogens is 3. The van der Waals surface area contributed by atoms with Gasteiger partial charge in [-0.1, -0.05) is 17.7 Å². The standard InChI is InChI=1S/C14H13ClN4/c1-8-3-9(2)5-11(4-8)19-13-12(18-14(19)16)6-10(15)7-17-13/h3-7H,1-2H3,(H2,16,18). The molecule has 0 fully saturated rings. The Balaban J connectivity index is 2.32. The highest BCUT2D eigenvalue weighted by atomic mass is 35.5. The summed E-state index contributed by atoms with van der Waals surface area (Å²) in [5.74, 6) is 0.412. The second-order valence-corrected chi connectivity index (χ2v) is 5.08. The van der Waals surface area contributed by atoms with Gasteiger partial charge in [-0.25, -0.2) is 9.97 Å². The molecule has 3 rings (SSSR count). The number of pyridine rings is 1. The number of nitrogens with two attached hydrogens (primary N) is 1. The Labute approximate surface area is 115 Å². The van der Waals surface area contributed by atoms with E-state index in [1.54, 1.807) is 12.3 Å². The van der Waals surface area contributed by atoms with E-state index in [1.165, 1.54) is 11.1 Å². The van der Waals surface area contributed by atoms with Gasteiger partial charge in [-0.3, -0.25) is 4.57 Å². The molecule has 0 bridgehead atoms. The van der Waals surface area contributed by atoms with Crippen molar-refractivity contribution < 1.29 is 0 Å². The summed E-state index contributed by atoms with van der Waals surface area (Å²) < 4.78 is 1.84. The minimum absolute atomic E-state index is 0.412. The van der Waals surface area contributed by atoms with Gasteiger partial charge in [-0.05, 0) is 43.2 Å². The van der Waals surface area contributed by atoms with Crippen LogP contribution in [0.15, 0.2) is 30.5 Å². The normalized spacial score (nSPS) is 11.1. The van der Waals surface area contributed by atoms with E-state index in [9.17, 15) is 0 Å². The van der Waals surface area contributed by atoms with Crippen LogP contribution in [0.3, 0.4) is 0 Å². The predicted molar refractivity (Wildman–Crippen MR) is 77.8 cm³/mol. The molecule has 4 nitrogen and oxygen atoms in total. The molecule has 19 heavy (non-hydrogen) atoms. The molecule has 1 aromatic carbocycles. The van der Waals surface area contributed by atoms with Crippen molar-refractivity contribution in [3.8, 4) is 5.69 Å². The van der Waals surface area contributed by atoms with Gasteiger partial charge in [0.25, 0.3) is 0 Å². The summed E-state index contributed by atoms with van der Waals surface area (Å²) in [6, 6.07) is 7.99. The molecule has 0 aliphatic carbocycles. The molecule has 0 aliphatic rings. The van der Waals surface area contributed by atoms with Crippen LogP contribution in [0.25, 0.3) is 16.9 Å². The number of anilines is 1. The number of benzene rings is 1. The van der Waals surface area contributed by atoms with Crippen molar-refractivity contribution in [3.05, 3.63) is 46.6 Å². The predicted octanol–water partition coefficient (Wildman–Crippen LogP) is 3.27. The van der Waals surface area contributed by atoms with E-state index in [-0.39, 0.29) is 0 Å². The smallest absolute Gasteiger partial charge is 0.207 e. The molecule has 0 radical (unpaired) electrons. The van der Waals surface area contributed by atoms with E-state index < -0.39 is 0 Å². The van der Waals surface area contributed by atoms with Crippen LogP contribution in [0.1, 0.15) is 11.1 Å². The average molecular weight is 273 g/mol. The fourth-order valence-corrected chi connectivity index (χ4v) is 2.44. The molecule has 96 valence electrons. The first-order chi connectivity index (χ1) is 9.04. The zero-order chi connectivity index (χ0) is 13.6. The lowest BCUT2D eigenvalue weighted by Gasteiger charge is -2.08. The van der Waals surface area contributed by atoms with Crippen molar-refractivity contribution in [3.63, 3.8) is 0 Å². The van der Waals surface area contributed by atoms with Crippen LogP contribution in [0.4, 0.5) is 5.95 Å². The third-order valence-corrected chi connectivity index (χ3v) is 3.16. The van der Waals surface area contributed by atoms with Crippen LogP contribution in [-0.2, 0) is 0 Å². The Morgan fingerprint density at radius 1 is 1.11 bits per heavy atom. The van der Waals surface area contributed by atoms with Crippen LogP contribution < -0.4 is 5.73 Å². The van der Waals surface area contributed by atoms with Crippen molar-refractivity contribution in [2.75, 3.05) is 5.73 Å². The lowest BCUT2D eigenvalue weighted by Crippen LogP contribution is -2.02. The molecule has 5 heteroatoms. The molecule has 2 aromatic heterocycles. The number of nitrogens with zero attached hydrogens (tertiary/aromatic N) is 3. The minimum atomic E-state index is 0.412. The van der Waals surface area contributed by atoms with Crippen LogP contribution in [-0.4, -0.2) is 14.5 Å². The number of nitrogen functional groups attached to an aromatic ring is 1. The first kappa shape index (κ1) is 12.0. The molecule has 2 heterocycles. The monoisotopic (exact) mass is 272 g/mol. The van der Waals surface area contributed by atoms with Crippen molar-refractivity contribution in [1.29, 1.82) is 0 Å². The summed E-state index contributed by atoms with van der Waals surface area (Å²) in [6.07, 6.45) is 1.60. The number of aryl methyl sites for hydroxylation is 2. The van der Waals surface area contributed by atoms with Gasteiger partial charge >= 0.3 is 0 Å². The first-order valence-corrected chi connectivity index (χ1v) is 6.30. The maximum atomic E-state index is 6.00. The summed E-state index contributed by atoms with van der Waals surface area (Å²) in [7, 11) is 0. The van der Waals surface area contributed by atoms with Crippen LogP contribution in [0.2, 0.25) is 5.02 Å². The highest BCUT2D eigenvalue weighted by Crippen LogP contribution is 2.24. The van der Waals surface area contributed by atoms with E-state index in [0.717, 1.165) is 5.69 Å². The van der Waals surface area contributed by atoms with Gasteiger partial charge in [-0.2, -0.15) is 0 Å². The second kappa shape index (κ2) is 4.24. The summed E-state index contributed by atoms with van der Waals surface area (Å²) >= 11 is 5.92. The van der Waals surface area contributed by atoms with Gasteiger partial charge < -0.3 is 5.73 Å². The van der Waals surface area contributed by atoms with Gasteiger partial charge in [0.05, 0.1) is 10.7 Å². The number of imidazole rings is 1. The quantitative estimate of drug-likeness (QED) is 0.740. The van der Waals surface area contributed by atoms with Crippen LogP contribution in [0.5, 0.6) is 0 Å². The Morgan fingerprint density at radius 3 is 2.47 bits per heavy atom. The van der Waals surface area contributed by atoms with E-state index in [1.807, 2.05) is 4.57 Å². The molecule has 0 atom stereocenters. The van der Waals surface area contributed by atoms with Gasteiger partial charge in [0.15, 0.2) is 5.65 Å². The van der Waals surface area contributed by atoms with E-state index in [4.69, 9.17) is 17.3 Å². The number of hydrogen-bond acceptors (Lipinski definition) is 3. The highest BCUT2D eigenvalue weighted by molar-refractivity contribution is 6.31. The Morgan fingerprint density at radius 2 is 1.79 bits per heavy atom. The summed E-state index contributed by atoms with van der Waals surface area (Å²) in [4.78, 5) is 8.63. The van der Waals surface area contributed by atoms with Gasteiger partial charge in [0, 0.05) is 6.20 Å². The van der Waals surface area contributed by atoms with Gasteiger partial charge in [0.1, 0.15) is 5.52 Å². The molecule has 0 amide bonds. The van der Waals surface area contributed by atoms with E-state index in [2.05, 4.69) is 42.0 Å². The zero-order valence-electron chi connectivity index (χ0n) is 10.7. The second-order valence-electron chi connectivity index (χ2n) is 4.65. The molecule has 0 spiro atoms. The third kappa shape index (κ3) is 2.04. The van der Waals surface area contributed by atoms with Crippen molar-refractivity contribution in [1.82, 2.24) is 14.5 Å². The number of fused-ring (bicyclic) bond motifs is 1. The average Bonchev–Trinajstić information content (AvgIpc) is 2.62. The zero-order valence-corrected chi connectivity index (χ0v) is 11.4. The lowest BCUT2D eigenvalue weighted by molar-refractivity contribution is 1.07. The number of halogens is 1. The topological polar surface area (TPSA) is 56.7 Å². The third-order valence-electron chi connectivity index (χ3n) is 2.95. The van der Waals surface area contributed by atoms with Crippen molar-refractivity contribution in [2.45, 2.75) is 13.8 Å². The van der Waals surface area contributed by atoms with Crippen LogP contribution in [0, 0.1) is 13.8 Å². The first-order valence-electron chi connectivity index (χ1n) is 5.93. The van der Waals surface area contributed by atoms with Crippen molar-refractivity contribution in [2.24, 2.45) is 0 Å². The Kier molecular flexibility index (Phi) is 2.68. The maximum Gasteiger partial charge on any atom is 0.207 e. The Bertz CT molecular complexity index is 756. The summed E-state index contributed by atoms with van der Waals surface area (Å²) in [5.41, 5.74) is 10.7. The van der Waals surface area contributed by atoms with Crippen LogP contribution >= 0.6 is 11.6 Å². The summed E-state index contributed by atoms with van der Waals surface area (Å²) in [5, 5.41) is 0.553. The molecule has 2 N–H and O–H groups in total. The molecule has 0 saturated heterocycles. The van der Waals surface area contributed by atoms with E-state index in [0.29, 0.717) is 22.1 Å². The SMILES string of the molecule is Cc1cc(C)cc(-n2c(N)nc3cc(Cl)cnc32)c1. The molecule has 0 aliphatic heterocycles. The van der Waals surface area contributed by atoms with Crippen molar-refractivity contribution >= 4 is 28.7 Å². The maximum absolute atomic E-state index is 6.00. The van der Waals surface area contributed by atoms with Gasteiger partial charge in [0.2, 0.25) is 5.95 Å². The molecular formula is C14H13ClN4. The molecule has 0 saturated carbocycles. The molecule has 0 unspecified atom stereocenters. The fourth-order valence-electron chi connectivity index (χ4n) is 2.29. The highest BCUT2D eigenvalue weighted by Gasteiger charge is 2.12. The molecule has 3 aromatic rings. The lowest BCUT2D eigenvalue weighted by atomic mass is 10.1. The largest absolute Gasteiger partial charge is 0.369 e. The number of hydrogen-bond donors (Lipinski definition) is 1.